The number of rotatable bonds is 4. The third kappa shape index (κ3) is 4.98. The summed E-state index contributed by atoms with van der Waals surface area (Å²) in [5, 5.41) is 13.4. The van der Waals surface area contributed by atoms with E-state index in [4.69, 9.17) is 9.47 Å². The van der Waals surface area contributed by atoms with Crippen LogP contribution in [-0.2, 0) is 22.3 Å². The normalized spacial score (nSPS) is 28.6. The van der Waals surface area contributed by atoms with E-state index < -0.39 is 66.3 Å². The molecule has 0 spiro atoms. The van der Waals surface area contributed by atoms with Gasteiger partial charge in [-0.3, -0.25) is 4.99 Å². The topological polar surface area (TPSA) is 63.1 Å². The van der Waals surface area contributed by atoms with Crippen molar-refractivity contribution in [2.24, 2.45) is 4.99 Å². The zero-order chi connectivity index (χ0) is 21.4. The molecule has 5 atom stereocenters. The molecule has 5 nitrogen and oxygen atoms in total. The van der Waals surface area contributed by atoms with E-state index in [1.807, 2.05) is 0 Å². The van der Waals surface area contributed by atoms with Gasteiger partial charge in [0.05, 0.1) is 24.4 Å². The first-order valence-corrected chi connectivity index (χ1v) is 9.48. The van der Waals surface area contributed by atoms with Crippen molar-refractivity contribution in [1.29, 1.82) is 0 Å². The van der Waals surface area contributed by atoms with Gasteiger partial charge in [0, 0.05) is 13.5 Å². The molecular weight excluding hydrogens is 426 g/mol. The maximum atomic E-state index is 13.6. The van der Waals surface area contributed by atoms with Crippen molar-refractivity contribution in [2.45, 2.75) is 55.2 Å². The minimum absolute atomic E-state index is 0.409. The lowest BCUT2D eigenvalue weighted by Crippen LogP contribution is -2.53. The van der Waals surface area contributed by atoms with Gasteiger partial charge in [-0.2, -0.15) is 26.3 Å². The van der Waals surface area contributed by atoms with Crippen molar-refractivity contribution in [2.75, 3.05) is 7.05 Å². The molecule has 0 bridgehead atoms. The van der Waals surface area contributed by atoms with Crippen molar-refractivity contribution in [3.05, 3.63) is 35.4 Å². The van der Waals surface area contributed by atoms with Crippen molar-refractivity contribution < 1.29 is 40.9 Å². The monoisotopic (exact) mass is 444 g/mol. The second-order valence-electron chi connectivity index (χ2n) is 6.57. The lowest BCUT2D eigenvalue weighted by molar-refractivity contribution is -0.268. The summed E-state index contributed by atoms with van der Waals surface area (Å²) in [6, 6.07) is 3.54. The lowest BCUT2D eigenvalue weighted by Gasteiger charge is -2.38. The van der Waals surface area contributed by atoms with Gasteiger partial charge < -0.3 is 19.9 Å². The summed E-state index contributed by atoms with van der Waals surface area (Å²) in [5.41, 5.74) is -2.33. The Labute approximate surface area is 166 Å². The first-order chi connectivity index (χ1) is 13.5. The maximum absolute atomic E-state index is 13.6. The number of amidine groups is 1. The summed E-state index contributed by atoms with van der Waals surface area (Å²) in [6.07, 6.45) is -15.3. The van der Waals surface area contributed by atoms with Gasteiger partial charge in [0.1, 0.15) is 11.5 Å². The van der Waals surface area contributed by atoms with Crippen LogP contribution in [0.3, 0.4) is 0 Å². The molecule has 0 saturated carbocycles. The number of nitrogens with zero attached hydrogens (tertiary/aromatic N) is 1. The Morgan fingerprint density at radius 2 is 1.97 bits per heavy atom. The van der Waals surface area contributed by atoms with Crippen molar-refractivity contribution >= 4 is 16.9 Å². The number of benzene rings is 1. The molecule has 0 unspecified atom stereocenters. The van der Waals surface area contributed by atoms with Crippen LogP contribution in [0.5, 0.6) is 0 Å². The Kier molecular flexibility index (Phi) is 6.37. The summed E-state index contributed by atoms with van der Waals surface area (Å²) >= 11 is 1.04. The number of alkyl halides is 6. The van der Waals surface area contributed by atoms with Gasteiger partial charge in [-0.25, -0.2) is 0 Å². The third-order valence-electron chi connectivity index (χ3n) is 4.57. The van der Waals surface area contributed by atoms with Gasteiger partial charge in [-0.15, -0.1) is 0 Å². The Hall–Kier alpha value is -1.50. The molecule has 162 valence electrons. The number of aliphatic imine (C=N–C) groups is 1. The Morgan fingerprint density at radius 1 is 1.28 bits per heavy atom. The molecule has 2 aliphatic rings. The highest BCUT2D eigenvalue weighted by molar-refractivity contribution is 8.14. The molecule has 2 N–H and O–H groups in total. The zero-order valence-electron chi connectivity index (χ0n) is 15.0. The molecule has 0 aromatic heterocycles. The van der Waals surface area contributed by atoms with E-state index in [1.165, 1.54) is 6.07 Å². The predicted octanol–water partition coefficient (Wildman–Crippen LogP) is 3.32. The number of aliphatic hydroxyl groups excluding tert-OH is 1. The summed E-state index contributed by atoms with van der Waals surface area (Å²) in [7, 11) is 1.58. The fourth-order valence-electron chi connectivity index (χ4n) is 3.22. The average Bonchev–Trinajstić information content (AvgIpc) is 3.04. The van der Waals surface area contributed by atoms with Crippen LogP contribution in [0.15, 0.2) is 29.3 Å². The van der Waals surface area contributed by atoms with Gasteiger partial charge in [-0.1, -0.05) is 30.0 Å². The number of ether oxygens (including phenoxy) is 2. The number of thioether (sulfide) groups is 1. The minimum Gasteiger partial charge on any atom is -0.391 e. The standard InChI is InChI=1S/C17H18F6N2O3S/c1-24-15-25-12-10(26)6-11(28-14(12)29-15)13(17(21,22)23)27-7-8-4-2-3-5-9(8)16(18,19)20/h2-5,10-14,26H,6-7H2,1H3,(H,24,25)/t10-,11-,12+,13+,14+/m0/s1. The summed E-state index contributed by atoms with van der Waals surface area (Å²) < 4.78 is 90.4. The first kappa shape index (κ1) is 22.2. The highest BCUT2D eigenvalue weighted by Crippen LogP contribution is 2.40. The van der Waals surface area contributed by atoms with Gasteiger partial charge in [0.15, 0.2) is 11.3 Å². The van der Waals surface area contributed by atoms with Crippen molar-refractivity contribution in [3.63, 3.8) is 0 Å². The maximum Gasteiger partial charge on any atom is 0.417 e. The predicted molar refractivity (Wildman–Crippen MR) is 93.2 cm³/mol. The number of halogens is 6. The zero-order valence-corrected chi connectivity index (χ0v) is 15.8. The molecule has 2 heterocycles. The molecule has 29 heavy (non-hydrogen) atoms. The Morgan fingerprint density at radius 3 is 2.59 bits per heavy atom. The largest absolute Gasteiger partial charge is 0.417 e. The summed E-state index contributed by atoms with van der Waals surface area (Å²) in [4.78, 5) is 4.14. The van der Waals surface area contributed by atoms with Gasteiger partial charge in [-0.05, 0) is 11.6 Å². The highest BCUT2D eigenvalue weighted by Gasteiger charge is 2.53. The quantitative estimate of drug-likeness (QED) is 0.698. The molecule has 0 amide bonds. The summed E-state index contributed by atoms with van der Waals surface area (Å²) in [6.45, 7) is -0.907. The van der Waals surface area contributed by atoms with Crippen LogP contribution in [0.4, 0.5) is 26.3 Å². The molecule has 1 aromatic rings. The van der Waals surface area contributed by atoms with Crippen LogP contribution in [0, 0.1) is 0 Å². The molecule has 1 fully saturated rings. The average molecular weight is 444 g/mol. The SMILES string of the molecule is CNC1=N[C@H]2[C@H](O[C@H]([C@@H](OCc3ccccc3C(F)(F)F)C(F)(F)F)C[C@@H]2O)S1. The van der Waals surface area contributed by atoms with Crippen molar-refractivity contribution in [3.8, 4) is 0 Å². The molecule has 3 rings (SSSR count). The number of nitrogens with one attached hydrogen (secondary N) is 1. The minimum atomic E-state index is -4.90. The van der Waals surface area contributed by atoms with E-state index in [0.717, 1.165) is 30.0 Å². The van der Waals surface area contributed by atoms with Crippen LogP contribution in [0.2, 0.25) is 0 Å². The van der Waals surface area contributed by atoms with Crippen LogP contribution in [0.25, 0.3) is 0 Å². The Balaban J connectivity index is 1.76. The number of hydrogen-bond donors (Lipinski definition) is 2. The first-order valence-electron chi connectivity index (χ1n) is 8.60. The van der Waals surface area contributed by atoms with E-state index in [9.17, 15) is 31.4 Å². The van der Waals surface area contributed by atoms with Crippen LogP contribution >= 0.6 is 11.8 Å². The second kappa shape index (κ2) is 8.32. The number of aliphatic hydroxyl groups is 1. The fraction of sp³-hybridized carbons (Fsp3) is 0.588. The lowest BCUT2D eigenvalue weighted by atomic mass is 9.97. The highest BCUT2D eigenvalue weighted by atomic mass is 32.2. The molecule has 0 aliphatic carbocycles. The van der Waals surface area contributed by atoms with E-state index in [0.29, 0.717) is 5.17 Å². The van der Waals surface area contributed by atoms with Gasteiger partial charge in [0.2, 0.25) is 0 Å². The molecule has 1 saturated heterocycles. The van der Waals surface area contributed by atoms with Crippen LogP contribution < -0.4 is 5.32 Å². The van der Waals surface area contributed by atoms with Crippen LogP contribution in [-0.4, -0.2) is 53.3 Å². The second-order valence-corrected chi connectivity index (χ2v) is 7.65. The van der Waals surface area contributed by atoms with Gasteiger partial charge >= 0.3 is 12.4 Å². The molecule has 2 aliphatic heterocycles. The third-order valence-corrected chi connectivity index (χ3v) is 5.72. The molecular formula is C17H18F6N2O3S. The Bertz CT molecular complexity index is 757. The number of hydrogen-bond acceptors (Lipinski definition) is 6. The molecule has 12 heteroatoms. The molecule has 1 aromatic carbocycles. The van der Waals surface area contributed by atoms with Crippen LogP contribution in [0.1, 0.15) is 17.5 Å². The smallest absolute Gasteiger partial charge is 0.391 e. The van der Waals surface area contributed by atoms with E-state index in [1.54, 1.807) is 7.05 Å². The van der Waals surface area contributed by atoms with Crippen molar-refractivity contribution in [1.82, 2.24) is 5.32 Å². The van der Waals surface area contributed by atoms with E-state index >= 15 is 0 Å². The van der Waals surface area contributed by atoms with E-state index in [2.05, 4.69) is 10.3 Å². The van der Waals surface area contributed by atoms with E-state index in [-0.39, 0.29) is 0 Å². The fourth-order valence-corrected chi connectivity index (χ4v) is 4.32. The van der Waals surface area contributed by atoms with Gasteiger partial charge in [0.25, 0.3) is 0 Å². The molecule has 0 radical (unpaired) electrons. The summed E-state index contributed by atoms with van der Waals surface area (Å²) in [5.74, 6) is 0. The number of fused-ring (bicyclic) bond motifs is 1.